The smallest absolute Gasteiger partial charge is 0.240 e. The standard InChI is InChI=1S/C18H19N3O2/c1-12(11-19)8-16(18(20)23)21-17(22)10-13-6-7-14-4-2-3-5-15(14)9-13/h2-7,9,12,16H,8,10H2,1H3,(H2,20,23)(H,21,22)/t12-,16-/m1/s1. The summed E-state index contributed by atoms with van der Waals surface area (Å²) in [5, 5.41) is 13.6. The van der Waals surface area contributed by atoms with E-state index in [0.717, 1.165) is 16.3 Å². The second-order valence-corrected chi connectivity index (χ2v) is 5.65. The van der Waals surface area contributed by atoms with Gasteiger partial charge in [0.05, 0.1) is 12.5 Å². The van der Waals surface area contributed by atoms with Gasteiger partial charge < -0.3 is 11.1 Å². The van der Waals surface area contributed by atoms with Gasteiger partial charge in [-0.25, -0.2) is 0 Å². The minimum Gasteiger partial charge on any atom is -0.368 e. The predicted molar refractivity (Wildman–Crippen MR) is 88.2 cm³/mol. The highest BCUT2D eigenvalue weighted by atomic mass is 16.2. The van der Waals surface area contributed by atoms with Gasteiger partial charge in [-0.05, 0) is 29.7 Å². The van der Waals surface area contributed by atoms with Crippen molar-refractivity contribution in [2.24, 2.45) is 11.7 Å². The minimum absolute atomic E-state index is 0.162. The molecule has 0 radical (unpaired) electrons. The van der Waals surface area contributed by atoms with Gasteiger partial charge in [0.2, 0.25) is 11.8 Å². The molecule has 118 valence electrons. The normalized spacial score (nSPS) is 13.0. The van der Waals surface area contributed by atoms with Gasteiger partial charge in [0.25, 0.3) is 0 Å². The molecule has 0 aliphatic rings. The first-order valence-electron chi connectivity index (χ1n) is 7.45. The summed E-state index contributed by atoms with van der Waals surface area (Å²) in [6, 6.07) is 14.9. The van der Waals surface area contributed by atoms with Gasteiger partial charge in [0.15, 0.2) is 0 Å². The number of nitrogens with one attached hydrogen (secondary N) is 1. The predicted octanol–water partition coefficient (Wildman–Crippen LogP) is 1.90. The molecule has 2 rings (SSSR count). The topological polar surface area (TPSA) is 96.0 Å². The number of nitrogens with two attached hydrogens (primary N) is 1. The quantitative estimate of drug-likeness (QED) is 0.853. The summed E-state index contributed by atoms with van der Waals surface area (Å²) >= 11 is 0. The van der Waals surface area contributed by atoms with Crippen LogP contribution in [0.15, 0.2) is 42.5 Å². The molecule has 5 heteroatoms. The lowest BCUT2D eigenvalue weighted by Crippen LogP contribution is -2.45. The second-order valence-electron chi connectivity index (χ2n) is 5.65. The lowest BCUT2D eigenvalue weighted by atomic mass is 10.0. The number of carbonyl (C=O) groups excluding carboxylic acids is 2. The summed E-state index contributed by atoms with van der Waals surface area (Å²) < 4.78 is 0. The molecule has 0 aliphatic carbocycles. The van der Waals surface area contributed by atoms with Crippen LogP contribution in [0.2, 0.25) is 0 Å². The Labute approximate surface area is 135 Å². The molecule has 2 aromatic rings. The molecular weight excluding hydrogens is 290 g/mol. The maximum atomic E-state index is 12.1. The Kier molecular flexibility index (Phi) is 5.32. The van der Waals surface area contributed by atoms with Gasteiger partial charge in [-0.3, -0.25) is 9.59 Å². The maximum Gasteiger partial charge on any atom is 0.240 e. The number of hydrogen-bond donors (Lipinski definition) is 2. The Hall–Kier alpha value is -2.87. The van der Waals surface area contributed by atoms with E-state index in [1.54, 1.807) is 6.92 Å². The Morgan fingerprint density at radius 2 is 1.91 bits per heavy atom. The molecule has 0 unspecified atom stereocenters. The summed E-state index contributed by atoms with van der Waals surface area (Å²) in [5.74, 6) is -1.26. The molecular formula is C18H19N3O2. The number of fused-ring (bicyclic) bond motifs is 1. The molecule has 0 spiro atoms. The van der Waals surface area contributed by atoms with Crippen molar-refractivity contribution in [2.75, 3.05) is 0 Å². The molecule has 2 atom stereocenters. The van der Waals surface area contributed by atoms with E-state index in [9.17, 15) is 9.59 Å². The van der Waals surface area contributed by atoms with E-state index in [-0.39, 0.29) is 24.7 Å². The van der Waals surface area contributed by atoms with E-state index in [2.05, 4.69) is 5.32 Å². The van der Waals surface area contributed by atoms with E-state index in [4.69, 9.17) is 11.0 Å². The first kappa shape index (κ1) is 16.5. The van der Waals surface area contributed by atoms with Crippen molar-refractivity contribution >= 4 is 22.6 Å². The molecule has 23 heavy (non-hydrogen) atoms. The van der Waals surface area contributed by atoms with Crippen LogP contribution in [0.3, 0.4) is 0 Å². The van der Waals surface area contributed by atoms with Crippen molar-refractivity contribution in [3.8, 4) is 6.07 Å². The van der Waals surface area contributed by atoms with E-state index in [0.29, 0.717) is 0 Å². The van der Waals surface area contributed by atoms with Gasteiger partial charge in [0, 0.05) is 5.92 Å². The molecule has 0 saturated heterocycles. The number of hydrogen-bond acceptors (Lipinski definition) is 3. The first-order chi connectivity index (χ1) is 11.0. The van der Waals surface area contributed by atoms with E-state index in [1.165, 1.54) is 0 Å². The van der Waals surface area contributed by atoms with Gasteiger partial charge in [0.1, 0.15) is 6.04 Å². The van der Waals surface area contributed by atoms with Crippen molar-refractivity contribution in [2.45, 2.75) is 25.8 Å². The monoisotopic (exact) mass is 309 g/mol. The number of rotatable bonds is 6. The zero-order valence-corrected chi connectivity index (χ0v) is 13.0. The highest BCUT2D eigenvalue weighted by molar-refractivity contribution is 5.89. The Bertz CT molecular complexity index is 764. The summed E-state index contributed by atoms with van der Waals surface area (Å²) in [4.78, 5) is 23.5. The number of carbonyl (C=O) groups is 2. The Morgan fingerprint density at radius 1 is 1.22 bits per heavy atom. The molecule has 2 amide bonds. The van der Waals surface area contributed by atoms with Crippen molar-refractivity contribution in [3.05, 3.63) is 48.0 Å². The summed E-state index contributed by atoms with van der Waals surface area (Å²) in [7, 11) is 0. The van der Waals surface area contributed by atoms with Crippen LogP contribution in [-0.2, 0) is 16.0 Å². The molecule has 0 bridgehead atoms. The van der Waals surface area contributed by atoms with Crippen LogP contribution in [0.1, 0.15) is 18.9 Å². The molecule has 0 aromatic heterocycles. The number of primary amides is 1. The fourth-order valence-electron chi connectivity index (χ4n) is 2.43. The average Bonchev–Trinajstić information content (AvgIpc) is 2.53. The number of nitrogens with zero attached hydrogens (tertiary/aromatic N) is 1. The van der Waals surface area contributed by atoms with E-state index in [1.807, 2.05) is 48.5 Å². The fourth-order valence-corrected chi connectivity index (χ4v) is 2.43. The highest BCUT2D eigenvalue weighted by Crippen LogP contribution is 2.16. The molecule has 5 nitrogen and oxygen atoms in total. The Balaban J connectivity index is 2.04. The van der Waals surface area contributed by atoms with Crippen LogP contribution < -0.4 is 11.1 Å². The largest absolute Gasteiger partial charge is 0.368 e. The number of nitriles is 1. The number of amides is 2. The van der Waals surface area contributed by atoms with Crippen molar-refractivity contribution in [3.63, 3.8) is 0 Å². The fraction of sp³-hybridized carbons (Fsp3) is 0.278. The van der Waals surface area contributed by atoms with E-state index < -0.39 is 11.9 Å². The van der Waals surface area contributed by atoms with Crippen LogP contribution in [0.5, 0.6) is 0 Å². The zero-order chi connectivity index (χ0) is 16.8. The third-order valence-electron chi connectivity index (χ3n) is 3.67. The third kappa shape index (κ3) is 4.55. The molecule has 0 fully saturated rings. The van der Waals surface area contributed by atoms with Crippen LogP contribution in [-0.4, -0.2) is 17.9 Å². The van der Waals surface area contributed by atoms with Crippen LogP contribution in [0.4, 0.5) is 0 Å². The van der Waals surface area contributed by atoms with Gasteiger partial charge in [-0.15, -0.1) is 0 Å². The zero-order valence-electron chi connectivity index (χ0n) is 13.0. The van der Waals surface area contributed by atoms with Gasteiger partial charge in [-0.2, -0.15) is 5.26 Å². The minimum atomic E-state index is -0.822. The van der Waals surface area contributed by atoms with Crippen LogP contribution in [0, 0.1) is 17.2 Å². The maximum absolute atomic E-state index is 12.1. The second kappa shape index (κ2) is 7.41. The van der Waals surface area contributed by atoms with Crippen molar-refractivity contribution < 1.29 is 9.59 Å². The SMILES string of the molecule is C[C@@H](C#N)C[C@@H](NC(=O)Cc1ccc2ccccc2c1)C(N)=O. The average molecular weight is 309 g/mol. The lowest BCUT2D eigenvalue weighted by Gasteiger charge is -2.16. The summed E-state index contributed by atoms with van der Waals surface area (Å²) in [6.45, 7) is 1.69. The van der Waals surface area contributed by atoms with Crippen molar-refractivity contribution in [1.82, 2.24) is 5.32 Å². The molecule has 0 saturated carbocycles. The summed E-state index contributed by atoms with van der Waals surface area (Å²) in [6.07, 6.45) is 0.380. The van der Waals surface area contributed by atoms with Gasteiger partial charge >= 0.3 is 0 Å². The third-order valence-corrected chi connectivity index (χ3v) is 3.67. The van der Waals surface area contributed by atoms with Crippen LogP contribution >= 0.6 is 0 Å². The Morgan fingerprint density at radius 3 is 2.57 bits per heavy atom. The lowest BCUT2D eigenvalue weighted by molar-refractivity contribution is -0.127. The molecule has 0 heterocycles. The highest BCUT2D eigenvalue weighted by Gasteiger charge is 2.20. The molecule has 0 aliphatic heterocycles. The summed E-state index contributed by atoms with van der Waals surface area (Å²) in [5.41, 5.74) is 6.15. The van der Waals surface area contributed by atoms with Crippen LogP contribution in [0.25, 0.3) is 10.8 Å². The van der Waals surface area contributed by atoms with E-state index >= 15 is 0 Å². The molecule has 2 aromatic carbocycles. The molecule has 3 N–H and O–H groups in total. The first-order valence-corrected chi connectivity index (χ1v) is 7.45. The van der Waals surface area contributed by atoms with Crippen molar-refractivity contribution in [1.29, 1.82) is 5.26 Å². The number of benzene rings is 2. The van der Waals surface area contributed by atoms with Gasteiger partial charge in [-0.1, -0.05) is 42.5 Å².